The maximum absolute atomic E-state index is 4.77. The van der Waals surface area contributed by atoms with Crippen molar-refractivity contribution in [2.75, 3.05) is 17.6 Å². The fraction of sp³-hybridized carbons (Fsp3) is 0.692. The number of halogens is 1. The third-order valence-corrected chi connectivity index (χ3v) is 5.03. The van der Waals surface area contributed by atoms with Crippen molar-refractivity contribution < 1.29 is 0 Å². The Bertz CT molecular complexity index is 407. The molecule has 0 radical (unpaired) electrons. The molecular formula is C13H20IN3S. The first-order valence-electron chi connectivity index (χ1n) is 6.64. The molecule has 0 amide bonds. The van der Waals surface area contributed by atoms with Gasteiger partial charge in [0.05, 0.1) is 15.0 Å². The van der Waals surface area contributed by atoms with E-state index in [1.165, 1.54) is 34.3 Å². The minimum Gasteiger partial charge on any atom is -0.369 e. The number of thioether (sulfide) groups is 1. The molecule has 1 aliphatic rings. The van der Waals surface area contributed by atoms with Crippen LogP contribution < -0.4 is 5.32 Å². The van der Waals surface area contributed by atoms with Crippen LogP contribution in [0.15, 0.2) is 0 Å². The molecule has 3 nitrogen and oxygen atoms in total. The first-order valence-corrected chi connectivity index (χ1v) is 8.87. The summed E-state index contributed by atoms with van der Waals surface area (Å²) in [5.74, 6) is 4.83. The van der Waals surface area contributed by atoms with Gasteiger partial charge in [0.15, 0.2) is 0 Å². The zero-order valence-electron chi connectivity index (χ0n) is 11.0. The molecule has 0 saturated heterocycles. The Kier molecular flexibility index (Phi) is 5.54. The van der Waals surface area contributed by atoms with E-state index in [2.05, 4.69) is 46.7 Å². The third kappa shape index (κ3) is 3.73. The Labute approximate surface area is 127 Å². The van der Waals surface area contributed by atoms with Gasteiger partial charge in [0, 0.05) is 12.5 Å². The summed E-state index contributed by atoms with van der Waals surface area (Å²) in [6.07, 6.45) is 3.80. The van der Waals surface area contributed by atoms with Gasteiger partial charge in [-0.25, -0.2) is 9.97 Å². The van der Waals surface area contributed by atoms with Crippen molar-refractivity contribution in [3.05, 3.63) is 15.1 Å². The average Bonchev–Trinajstić information content (AvgIpc) is 3.17. The number of hydrogen-bond donors (Lipinski definition) is 1. The molecular weight excluding hydrogens is 357 g/mol. The van der Waals surface area contributed by atoms with Crippen molar-refractivity contribution in [1.82, 2.24) is 9.97 Å². The summed E-state index contributed by atoms with van der Waals surface area (Å²) in [6.45, 7) is 5.24. The Balaban J connectivity index is 2.18. The Hall–Kier alpha value is -0.0400. The quantitative estimate of drug-likeness (QED) is 0.575. The highest BCUT2D eigenvalue weighted by molar-refractivity contribution is 14.1. The largest absolute Gasteiger partial charge is 0.369 e. The molecule has 0 bridgehead atoms. The molecule has 0 aromatic carbocycles. The van der Waals surface area contributed by atoms with Crippen LogP contribution in [0.25, 0.3) is 0 Å². The summed E-state index contributed by atoms with van der Waals surface area (Å²) < 4.78 is 1.22. The van der Waals surface area contributed by atoms with Gasteiger partial charge < -0.3 is 5.32 Å². The molecule has 0 spiro atoms. The number of anilines is 1. The SMILES string of the molecule is CCCSCc1nc(NCC)c(I)c(C2CC2)n1. The zero-order valence-corrected chi connectivity index (χ0v) is 14.0. The molecule has 0 atom stereocenters. The third-order valence-electron chi connectivity index (χ3n) is 2.81. The van der Waals surface area contributed by atoms with Gasteiger partial charge >= 0.3 is 0 Å². The van der Waals surface area contributed by atoms with Gasteiger partial charge in [-0.3, -0.25) is 0 Å². The summed E-state index contributed by atoms with van der Waals surface area (Å²) >= 11 is 4.31. The lowest BCUT2D eigenvalue weighted by Crippen LogP contribution is -2.09. The highest BCUT2D eigenvalue weighted by Crippen LogP contribution is 2.42. The Morgan fingerprint density at radius 2 is 2.11 bits per heavy atom. The lowest BCUT2D eigenvalue weighted by molar-refractivity contribution is 0.914. The van der Waals surface area contributed by atoms with Crippen LogP contribution in [0.1, 0.15) is 50.5 Å². The van der Waals surface area contributed by atoms with Crippen LogP contribution in [-0.2, 0) is 5.75 Å². The summed E-state index contributed by atoms with van der Waals surface area (Å²) in [6, 6.07) is 0. The number of rotatable bonds is 7. The molecule has 2 rings (SSSR count). The van der Waals surface area contributed by atoms with E-state index in [1.807, 2.05) is 11.8 Å². The van der Waals surface area contributed by atoms with Crippen LogP contribution in [0.2, 0.25) is 0 Å². The molecule has 0 aliphatic heterocycles. The molecule has 1 aromatic rings. The molecule has 1 aromatic heterocycles. The number of aromatic nitrogens is 2. The minimum atomic E-state index is 0.687. The van der Waals surface area contributed by atoms with E-state index in [0.29, 0.717) is 5.92 Å². The van der Waals surface area contributed by atoms with Crippen LogP contribution in [-0.4, -0.2) is 22.3 Å². The maximum Gasteiger partial charge on any atom is 0.143 e. The van der Waals surface area contributed by atoms with Gasteiger partial charge in [-0.05, 0) is 54.5 Å². The van der Waals surface area contributed by atoms with Crippen molar-refractivity contribution in [3.63, 3.8) is 0 Å². The van der Waals surface area contributed by atoms with E-state index in [-0.39, 0.29) is 0 Å². The number of nitrogens with zero attached hydrogens (tertiary/aromatic N) is 2. The van der Waals surface area contributed by atoms with Crippen LogP contribution in [0.5, 0.6) is 0 Å². The molecule has 1 N–H and O–H groups in total. The first-order chi connectivity index (χ1) is 8.76. The van der Waals surface area contributed by atoms with Crippen molar-refractivity contribution in [1.29, 1.82) is 0 Å². The lowest BCUT2D eigenvalue weighted by Gasteiger charge is -2.11. The lowest BCUT2D eigenvalue weighted by atomic mass is 10.2. The van der Waals surface area contributed by atoms with Crippen LogP contribution in [0, 0.1) is 3.57 Å². The summed E-state index contributed by atoms with van der Waals surface area (Å²) in [5.41, 5.74) is 1.27. The van der Waals surface area contributed by atoms with Crippen molar-refractivity contribution >= 4 is 40.2 Å². The summed E-state index contributed by atoms with van der Waals surface area (Å²) in [7, 11) is 0. The smallest absolute Gasteiger partial charge is 0.143 e. The fourth-order valence-electron chi connectivity index (χ4n) is 1.80. The number of nitrogens with one attached hydrogen (secondary N) is 1. The van der Waals surface area contributed by atoms with E-state index in [1.54, 1.807) is 0 Å². The normalized spacial score (nSPS) is 14.8. The van der Waals surface area contributed by atoms with E-state index >= 15 is 0 Å². The number of hydrogen-bond acceptors (Lipinski definition) is 4. The standard InChI is InChI=1S/C13H20IN3S/c1-3-7-18-8-10-16-12(9-5-6-9)11(14)13(17-10)15-4-2/h9H,3-8H2,1-2H3,(H,15,16,17). The first kappa shape index (κ1) is 14.4. The van der Waals surface area contributed by atoms with Crippen LogP contribution in [0.3, 0.4) is 0 Å². The topological polar surface area (TPSA) is 37.8 Å². The van der Waals surface area contributed by atoms with Gasteiger partial charge in [-0.2, -0.15) is 11.8 Å². The molecule has 1 saturated carbocycles. The molecule has 1 aliphatic carbocycles. The second-order valence-corrected chi connectivity index (χ2v) is 6.73. The minimum absolute atomic E-state index is 0.687. The maximum atomic E-state index is 4.77. The predicted octanol–water partition coefficient (Wildman–Crippen LogP) is 4.03. The predicted molar refractivity (Wildman–Crippen MR) is 87.3 cm³/mol. The Morgan fingerprint density at radius 3 is 2.72 bits per heavy atom. The summed E-state index contributed by atoms with van der Waals surface area (Å²) in [5, 5.41) is 3.36. The van der Waals surface area contributed by atoms with E-state index < -0.39 is 0 Å². The van der Waals surface area contributed by atoms with Gasteiger partial charge in [-0.1, -0.05) is 6.92 Å². The molecule has 1 heterocycles. The van der Waals surface area contributed by atoms with Gasteiger partial charge in [0.1, 0.15) is 11.6 Å². The molecule has 5 heteroatoms. The zero-order chi connectivity index (χ0) is 13.0. The monoisotopic (exact) mass is 377 g/mol. The van der Waals surface area contributed by atoms with E-state index in [9.17, 15) is 0 Å². The highest BCUT2D eigenvalue weighted by Gasteiger charge is 2.29. The van der Waals surface area contributed by atoms with Crippen molar-refractivity contribution in [2.45, 2.75) is 44.8 Å². The molecule has 0 unspecified atom stereocenters. The van der Waals surface area contributed by atoms with Crippen LogP contribution >= 0.6 is 34.4 Å². The summed E-state index contributed by atoms with van der Waals surface area (Å²) in [4.78, 5) is 9.42. The van der Waals surface area contributed by atoms with Crippen LogP contribution in [0.4, 0.5) is 5.82 Å². The second-order valence-electron chi connectivity index (χ2n) is 4.54. The van der Waals surface area contributed by atoms with E-state index in [0.717, 1.165) is 23.9 Å². The van der Waals surface area contributed by atoms with Crippen molar-refractivity contribution in [3.8, 4) is 0 Å². The van der Waals surface area contributed by atoms with E-state index in [4.69, 9.17) is 4.98 Å². The van der Waals surface area contributed by atoms with Crippen molar-refractivity contribution in [2.24, 2.45) is 0 Å². The molecule has 18 heavy (non-hydrogen) atoms. The highest BCUT2D eigenvalue weighted by atomic mass is 127. The second kappa shape index (κ2) is 6.93. The average molecular weight is 377 g/mol. The molecule has 1 fully saturated rings. The van der Waals surface area contributed by atoms with Gasteiger partial charge in [0.25, 0.3) is 0 Å². The van der Waals surface area contributed by atoms with Gasteiger partial charge in [0.2, 0.25) is 0 Å². The Morgan fingerprint density at radius 1 is 1.33 bits per heavy atom. The van der Waals surface area contributed by atoms with Gasteiger partial charge in [-0.15, -0.1) is 0 Å². The molecule has 100 valence electrons. The fourth-order valence-corrected chi connectivity index (χ4v) is 3.41.